The van der Waals surface area contributed by atoms with Crippen molar-refractivity contribution in [2.45, 2.75) is 38.2 Å². The molecule has 4 nitrogen and oxygen atoms in total. The topological polar surface area (TPSA) is 49.8 Å². The van der Waals surface area contributed by atoms with Crippen molar-refractivity contribution in [1.29, 1.82) is 0 Å². The second-order valence-electron chi connectivity index (χ2n) is 5.46. The first kappa shape index (κ1) is 15.8. The fourth-order valence-electron chi connectivity index (χ4n) is 2.57. The summed E-state index contributed by atoms with van der Waals surface area (Å²) in [5, 5.41) is 8.59. The molecular formula is C16H22FNO3. The lowest BCUT2D eigenvalue weighted by Gasteiger charge is -2.32. The Bertz CT molecular complexity index is 441. The lowest BCUT2D eigenvalue weighted by atomic mass is 10.1. The molecule has 1 fully saturated rings. The quantitative estimate of drug-likeness (QED) is 0.786. The number of aliphatic carboxylic acids is 1. The molecule has 0 aliphatic carbocycles. The van der Waals surface area contributed by atoms with E-state index in [0.717, 1.165) is 51.1 Å². The van der Waals surface area contributed by atoms with Gasteiger partial charge in [-0.25, -0.2) is 4.39 Å². The maximum absolute atomic E-state index is 12.8. The van der Waals surface area contributed by atoms with Crippen LogP contribution in [0.5, 0.6) is 5.75 Å². The summed E-state index contributed by atoms with van der Waals surface area (Å²) in [6.45, 7) is 2.90. The minimum Gasteiger partial charge on any atom is -0.490 e. The number of halogens is 1. The summed E-state index contributed by atoms with van der Waals surface area (Å²) < 4.78 is 18.7. The molecule has 1 aromatic carbocycles. The monoisotopic (exact) mass is 295 g/mol. The van der Waals surface area contributed by atoms with Crippen LogP contribution in [-0.2, 0) is 4.79 Å². The summed E-state index contributed by atoms with van der Waals surface area (Å²) >= 11 is 0. The van der Waals surface area contributed by atoms with Gasteiger partial charge in [0.1, 0.15) is 17.7 Å². The van der Waals surface area contributed by atoms with Crippen LogP contribution >= 0.6 is 0 Å². The summed E-state index contributed by atoms with van der Waals surface area (Å²) in [5.74, 6) is -0.253. The summed E-state index contributed by atoms with van der Waals surface area (Å²) in [6.07, 6.45) is 4.01. The van der Waals surface area contributed by atoms with Crippen LogP contribution in [0.15, 0.2) is 24.3 Å². The zero-order valence-electron chi connectivity index (χ0n) is 12.1. The van der Waals surface area contributed by atoms with Crippen LogP contribution in [0.25, 0.3) is 0 Å². The number of nitrogens with zero attached hydrogens (tertiary/aromatic N) is 1. The fourth-order valence-corrected chi connectivity index (χ4v) is 2.57. The predicted molar refractivity (Wildman–Crippen MR) is 78.0 cm³/mol. The van der Waals surface area contributed by atoms with E-state index in [9.17, 15) is 9.18 Å². The number of carboxylic acid groups (broad SMARTS) is 1. The van der Waals surface area contributed by atoms with Gasteiger partial charge in [-0.15, -0.1) is 0 Å². The van der Waals surface area contributed by atoms with Crippen molar-refractivity contribution >= 4 is 5.97 Å². The Morgan fingerprint density at radius 1 is 1.24 bits per heavy atom. The Kier molecular flexibility index (Phi) is 5.99. The molecule has 0 unspecified atom stereocenters. The minimum atomic E-state index is -0.721. The largest absolute Gasteiger partial charge is 0.490 e. The Hall–Kier alpha value is -1.62. The van der Waals surface area contributed by atoms with E-state index in [1.807, 2.05) is 0 Å². The van der Waals surface area contributed by atoms with Crippen molar-refractivity contribution in [1.82, 2.24) is 4.90 Å². The van der Waals surface area contributed by atoms with Crippen molar-refractivity contribution in [3.63, 3.8) is 0 Å². The lowest BCUT2D eigenvalue weighted by molar-refractivity contribution is -0.137. The second-order valence-corrected chi connectivity index (χ2v) is 5.46. The molecule has 0 bridgehead atoms. The first-order valence-electron chi connectivity index (χ1n) is 7.50. The van der Waals surface area contributed by atoms with Gasteiger partial charge >= 0.3 is 5.97 Å². The van der Waals surface area contributed by atoms with Crippen LogP contribution in [0.1, 0.15) is 32.1 Å². The fraction of sp³-hybridized carbons (Fsp3) is 0.562. The van der Waals surface area contributed by atoms with Crippen LogP contribution in [0.4, 0.5) is 4.39 Å². The van der Waals surface area contributed by atoms with Gasteiger partial charge in [-0.1, -0.05) is 0 Å². The van der Waals surface area contributed by atoms with Gasteiger partial charge in [0.05, 0.1) is 0 Å². The number of carboxylic acids is 1. The van der Waals surface area contributed by atoms with Crippen LogP contribution in [0, 0.1) is 5.82 Å². The molecule has 1 aromatic rings. The second kappa shape index (κ2) is 7.98. The van der Waals surface area contributed by atoms with E-state index in [4.69, 9.17) is 9.84 Å². The number of hydrogen-bond donors (Lipinski definition) is 1. The third-order valence-corrected chi connectivity index (χ3v) is 3.77. The Balaban J connectivity index is 1.64. The first-order chi connectivity index (χ1) is 10.1. The van der Waals surface area contributed by atoms with Crippen LogP contribution in [0.3, 0.4) is 0 Å². The average molecular weight is 295 g/mol. The number of ether oxygens (including phenoxy) is 1. The van der Waals surface area contributed by atoms with E-state index in [-0.39, 0.29) is 18.3 Å². The van der Waals surface area contributed by atoms with Crippen molar-refractivity contribution < 1.29 is 19.0 Å². The highest BCUT2D eigenvalue weighted by Crippen LogP contribution is 2.19. The molecule has 1 saturated heterocycles. The number of likely N-dealkylation sites (tertiary alicyclic amines) is 1. The molecule has 1 aliphatic rings. The van der Waals surface area contributed by atoms with E-state index in [1.165, 1.54) is 12.1 Å². The molecule has 5 heteroatoms. The SMILES string of the molecule is O=C(O)CCCCN1CCC(Oc2ccc(F)cc2)CC1. The molecule has 0 atom stereocenters. The number of piperidine rings is 1. The van der Waals surface area contributed by atoms with Gasteiger partial charge in [-0.2, -0.15) is 0 Å². The molecular weight excluding hydrogens is 273 g/mol. The first-order valence-corrected chi connectivity index (χ1v) is 7.50. The van der Waals surface area contributed by atoms with Gasteiger partial charge < -0.3 is 14.7 Å². The van der Waals surface area contributed by atoms with Crippen molar-refractivity contribution in [3.8, 4) is 5.75 Å². The number of unbranched alkanes of at least 4 members (excludes halogenated alkanes) is 1. The Labute approximate surface area is 124 Å². The molecule has 21 heavy (non-hydrogen) atoms. The van der Waals surface area contributed by atoms with E-state index in [2.05, 4.69) is 4.90 Å². The predicted octanol–water partition coefficient (Wildman–Crippen LogP) is 2.92. The number of rotatable bonds is 7. The van der Waals surface area contributed by atoms with Crippen molar-refractivity contribution in [2.24, 2.45) is 0 Å². The molecule has 0 radical (unpaired) electrons. The van der Waals surface area contributed by atoms with E-state index in [1.54, 1.807) is 12.1 Å². The zero-order chi connectivity index (χ0) is 15.1. The maximum atomic E-state index is 12.8. The van der Waals surface area contributed by atoms with Crippen LogP contribution in [-0.4, -0.2) is 41.7 Å². The highest BCUT2D eigenvalue weighted by Gasteiger charge is 2.20. The van der Waals surface area contributed by atoms with Gasteiger partial charge in [0.25, 0.3) is 0 Å². The van der Waals surface area contributed by atoms with E-state index < -0.39 is 5.97 Å². The van der Waals surface area contributed by atoms with Crippen LogP contribution in [0.2, 0.25) is 0 Å². The summed E-state index contributed by atoms with van der Waals surface area (Å²) in [6, 6.07) is 6.14. The molecule has 1 heterocycles. The molecule has 0 amide bonds. The zero-order valence-corrected chi connectivity index (χ0v) is 12.1. The summed E-state index contributed by atoms with van der Waals surface area (Å²) in [4.78, 5) is 12.8. The standard InChI is InChI=1S/C16H22FNO3/c17-13-4-6-14(7-5-13)21-15-8-11-18(12-9-15)10-2-1-3-16(19)20/h4-7,15H,1-3,8-12H2,(H,19,20). The molecule has 1 N–H and O–H groups in total. The Morgan fingerprint density at radius 2 is 1.90 bits per heavy atom. The van der Waals surface area contributed by atoms with Gasteiger partial charge in [0.2, 0.25) is 0 Å². The molecule has 1 aliphatic heterocycles. The molecule has 2 rings (SSSR count). The van der Waals surface area contributed by atoms with E-state index in [0.29, 0.717) is 0 Å². The third-order valence-electron chi connectivity index (χ3n) is 3.77. The van der Waals surface area contributed by atoms with Gasteiger partial charge in [-0.3, -0.25) is 4.79 Å². The van der Waals surface area contributed by atoms with Gasteiger partial charge in [0.15, 0.2) is 0 Å². The minimum absolute atomic E-state index is 0.186. The lowest BCUT2D eigenvalue weighted by Crippen LogP contribution is -2.38. The normalized spacial score (nSPS) is 16.8. The van der Waals surface area contributed by atoms with Crippen molar-refractivity contribution in [2.75, 3.05) is 19.6 Å². The molecule has 0 aromatic heterocycles. The number of hydrogen-bond acceptors (Lipinski definition) is 3. The highest BCUT2D eigenvalue weighted by molar-refractivity contribution is 5.66. The molecule has 0 saturated carbocycles. The smallest absolute Gasteiger partial charge is 0.303 e. The average Bonchev–Trinajstić information content (AvgIpc) is 2.47. The van der Waals surface area contributed by atoms with E-state index >= 15 is 0 Å². The maximum Gasteiger partial charge on any atom is 0.303 e. The molecule has 0 spiro atoms. The van der Waals surface area contributed by atoms with Gasteiger partial charge in [0, 0.05) is 19.5 Å². The Morgan fingerprint density at radius 3 is 2.52 bits per heavy atom. The number of carbonyl (C=O) groups is 1. The summed E-state index contributed by atoms with van der Waals surface area (Å²) in [5.41, 5.74) is 0. The van der Waals surface area contributed by atoms with Crippen molar-refractivity contribution in [3.05, 3.63) is 30.1 Å². The highest BCUT2D eigenvalue weighted by atomic mass is 19.1. The number of benzene rings is 1. The van der Waals surface area contributed by atoms with Gasteiger partial charge in [-0.05, 0) is 56.5 Å². The third kappa shape index (κ3) is 5.71. The summed E-state index contributed by atoms with van der Waals surface area (Å²) in [7, 11) is 0. The molecule has 116 valence electrons. The van der Waals surface area contributed by atoms with Crippen LogP contribution < -0.4 is 4.74 Å².